The van der Waals surface area contributed by atoms with Crippen molar-refractivity contribution in [2.45, 2.75) is 31.8 Å². The lowest BCUT2D eigenvalue weighted by atomic mass is 10.00. The monoisotopic (exact) mass is 288 g/mol. The molecule has 106 valence electrons. The molecule has 1 fully saturated rings. The van der Waals surface area contributed by atoms with Gasteiger partial charge in [-0.3, -0.25) is 14.9 Å². The van der Waals surface area contributed by atoms with E-state index in [2.05, 4.69) is 15.6 Å². The van der Waals surface area contributed by atoms with Crippen LogP contribution in [0.1, 0.15) is 30.3 Å². The second-order valence-corrected chi connectivity index (χ2v) is 4.49. The number of H-pyrrole nitrogens is 1. The number of piperidine rings is 1. The van der Waals surface area contributed by atoms with Crippen molar-refractivity contribution in [2.75, 3.05) is 6.54 Å². The molecule has 0 aromatic carbocycles. The van der Waals surface area contributed by atoms with Gasteiger partial charge in [0.1, 0.15) is 5.69 Å². The standard InChI is InChI=1S/C11H16N4O3.ClH/c1-7-9(3-2-4-12-7)14-11(16)10-5-8(6-13-10)15(17)18;/h5-7,9,12-13H,2-4H2,1H3,(H,14,16);1H. The minimum absolute atomic E-state index is 0. The summed E-state index contributed by atoms with van der Waals surface area (Å²) in [4.78, 5) is 24.5. The van der Waals surface area contributed by atoms with E-state index in [9.17, 15) is 14.9 Å². The van der Waals surface area contributed by atoms with Crippen LogP contribution in [0.5, 0.6) is 0 Å². The van der Waals surface area contributed by atoms with E-state index in [4.69, 9.17) is 0 Å². The Kier molecular flexibility index (Phi) is 5.31. The molecule has 1 aliphatic heterocycles. The number of halogens is 1. The van der Waals surface area contributed by atoms with Crippen LogP contribution in [0.4, 0.5) is 5.69 Å². The molecule has 0 spiro atoms. The first-order valence-electron chi connectivity index (χ1n) is 5.95. The summed E-state index contributed by atoms with van der Waals surface area (Å²) in [5, 5.41) is 16.7. The number of hydrogen-bond acceptors (Lipinski definition) is 4. The van der Waals surface area contributed by atoms with Crippen LogP contribution in [0, 0.1) is 10.1 Å². The Hall–Kier alpha value is -1.60. The number of carbonyl (C=O) groups excluding carboxylic acids is 1. The van der Waals surface area contributed by atoms with Gasteiger partial charge in [-0.1, -0.05) is 0 Å². The molecule has 0 bridgehead atoms. The predicted molar refractivity (Wildman–Crippen MR) is 72.6 cm³/mol. The number of carbonyl (C=O) groups is 1. The van der Waals surface area contributed by atoms with E-state index in [-0.39, 0.29) is 41.8 Å². The van der Waals surface area contributed by atoms with Gasteiger partial charge in [-0.05, 0) is 26.3 Å². The lowest BCUT2D eigenvalue weighted by Gasteiger charge is -2.30. The zero-order chi connectivity index (χ0) is 13.1. The Morgan fingerprint density at radius 1 is 1.58 bits per heavy atom. The molecule has 0 aliphatic carbocycles. The highest BCUT2D eigenvalue weighted by Crippen LogP contribution is 2.13. The smallest absolute Gasteiger partial charge is 0.287 e. The topological polar surface area (TPSA) is 100 Å². The van der Waals surface area contributed by atoms with Crippen molar-refractivity contribution in [3.8, 4) is 0 Å². The summed E-state index contributed by atoms with van der Waals surface area (Å²) in [7, 11) is 0. The summed E-state index contributed by atoms with van der Waals surface area (Å²) in [6.45, 7) is 2.97. The first kappa shape index (κ1) is 15.5. The molecule has 0 saturated carbocycles. The van der Waals surface area contributed by atoms with E-state index in [1.807, 2.05) is 6.92 Å². The average Bonchev–Trinajstić information content (AvgIpc) is 2.81. The van der Waals surface area contributed by atoms with Crippen molar-refractivity contribution in [3.63, 3.8) is 0 Å². The average molecular weight is 289 g/mol. The van der Waals surface area contributed by atoms with Gasteiger partial charge in [-0.2, -0.15) is 0 Å². The maximum atomic E-state index is 11.9. The van der Waals surface area contributed by atoms with Gasteiger partial charge in [0.15, 0.2) is 0 Å². The van der Waals surface area contributed by atoms with E-state index in [1.54, 1.807) is 0 Å². The fraction of sp³-hybridized carbons (Fsp3) is 0.545. The molecule has 2 unspecified atom stereocenters. The van der Waals surface area contributed by atoms with Gasteiger partial charge >= 0.3 is 0 Å². The summed E-state index contributed by atoms with van der Waals surface area (Å²) in [6.07, 6.45) is 3.15. The highest BCUT2D eigenvalue weighted by Gasteiger charge is 2.24. The lowest BCUT2D eigenvalue weighted by molar-refractivity contribution is -0.384. The van der Waals surface area contributed by atoms with Gasteiger partial charge in [-0.25, -0.2) is 0 Å². The summed E-state index contributed by atoms with van der Waals surface area (Å²) in [5.41, 5.74) is 0.120. The molecule has 2 atom stereocenters. The number of nitro groups is 1. The molecule has 7 nitrogen and oxygen atoms in total. The van der Waals surface area contributed by atoms with Crippen LogP contribution >= 0.6 is 12.4 Å². The maximum Gasteiger partial charge on any atom is 0.287 e. The lowest BCUT2D eigenvalue weighted by Crippen LogP contribution is -2.51. The van der Waals surface area contributed by atoms with Crippen LogP contribution in [0.25, 0.3) is 0 Å². The molecular formula is C11H17ClN4O3. The summed E-state index contributed by atoms with van der Waals surface area (Å²) >= 11 is 0. The Morgan fingerprint density at radius 2 is 2.32 bits per heavy atom. The molecule has 1 aromatic heterocycles. The Morgan fingerprint density at radius 3 is 2.89 bits per heavy atom. The summed E-state index contributed by atoms with van der Waals surface area (Å²) in [6, 6.07) is 1.53. The summed E-state index contributed by atoms with van der Waals surface area (Å²) < 4.78 is 0. The Labute approximate surface area is 116 Å². The molecule has 3 N–H and O–H groups in total. The predicted octanol–water partition coefficient (Wildman–Crippen LogP) is 1.21. The molecule has 1 saturated heterocycles. The SMILES string of the molecule is CC1NCCCC1NC(=O)c1cc([N+](=O)[O-])c[nH]1.Cl. The van der Waals surface area contributed by atoms with Crippen LogP contribution in [-0.4, -0.2) is 34.4 Å². The second-order valence-electron chi connectivity index (χ2n) is 4.49. The Balaban J connectivity index is 0.00000180. The first-order chi connectivity index (χ1) is 8.58. The van der Waals surface area contributed by atoms with Gasteiger partial charge in [0, 0.05) is 18.2 Å². The van der Waals surface area contributed by atoms with Gasteiger partial charge in [0.2, 0.25) is 0 Å². The molecular weight excluding hydrogens is 272 g/mol. The molecule has 2 rings (SSSR count). The molecule has 1 aromatic rings. The summed E-state index contributed by atoms with van der Waals surface area (Å²) in [5.74, 6) is -0.302. The molecule has 0 radical (unpaired) electrons. The number of aromatic amines is 1. The fourth-order valence-electron chi connectivity index (χ4n) is 2.11. The van der Waals surface area contributed by atoms with Crippen molar-refractivity contribution in [3.05, 3.63) is 28.1 Å². The van der Waals surface area contributed by atoms with Gasteiger partial charge < -0.3 is 15.6 Å². The van der Waals surface area contributed by atoms with E-state index in [0.29, 0.717) is 0 Å². The third kappa shape index (κ3) is 3.68. The van der Waals surface area contributed by atoms with Gasteiger partial charge in [0.05, 0.1) is 11.1 Å². The van der Waals surface area contributed by atoms with E-state index in [0.717, 1.165) is 19.4 Å². The van der Waals surface area contributed by atoms with E-state index in [1.165, 1.54) is 12.3 Å². The minimum atomic E-state index is -0.530. The Bertz CT molecular complexity index is 463. The van der Waals surface area contributed by atoms with Crippen LogP contribution in [0.3, 0.4) is 0 Å². The molecule has 1 aliphatic rings. The fourth-order valence-corrected chi connectivity index (χ4v) is 2.11. The molecule has 1 amide bonds. The number of nitrogens with one attached hydrogen (secondary N) is 3. The number of rotatable bonds is 3. The van der Waals surface area contributed by atoms with Gasteiger partial charge in [0.25, 0.3) is 11.6 Å². The van der Waals surface area contributed by atoms with Crippen molar-refractivity contribution >= 4 is 24.0 Å². The molecule has 8 heteroatoms. The van der Waals surface area contributed by atoms with E-state index < -0.39 is 4.92 Å². The number of hydrogen-bond donors (Lipinski definition) is 3. The largest absolute Gasteiger partial charge is 0.351 e. The third-order valence-corrected chi connectivity index (χ3v) is 3.20. The van der Waals surface area contributed by atoms with Crippen molar-refractivity contribution in [2.24, 2.45) is 0 Å². The number of nitrogens with zero attached hydrogens (tertiary/aromatic N) is 1. The minimum Gasteiger partial charge on any atom is -0.351 e. The van der Waals surface area contributed by atoms with Crippen LogP contribution in [0.2, 0.25) is 0 Å². The molecule has 19 heavy (non-hydrogen) atoms. The zero-order valence-electron chi connectivity index (χ0n) is 10.5. The maximum absolute atomic E-state index is 11.9. The highest BCUT2D eigenvalue weighted by atomic mass is 35.5. The van der Waals surface area contributed by atoms with Crippen molar-refractivity contribution in [1.82, 2.24) is 15.6 Å². The first-order valence-corrected chi connectivity index (χ1v) is 5.95. The quantitative estimate of drug-likeness (QED) is 0.575. The van der Waals surface area contributed by atoms with Crippen LogP contribution in [-0.2, 0) is 0 Å². The third-order valence-electron chi connectivity index (χ3n) is 3.20. The highest BCUT2D eigenvalue weighted by molar-refractivity contribution is 5.93. The normalized spacial score (nSPS) is 22.4. The van der Waals surface area contributed by atoms with Crippen LogP contribution < -0.4 is 10.6 Å². The van der Waals surface area contributed by atoms with Crippen molar-refractivity contribution in [1.29, 1.82) is 0 Å². The zero-order valence-corrected chi connectivity index (χ0v) is 11.3. The molecule has 2 heterocycles. The number of aromatic nitrogens is 1. The second kappa shape index (κ2) is 6.53. The number of amides is 1. The van der Waals surface area contributed by atoms with Gasteiger partial charge in [-0.15, -0.1) is 12.4 Å². The van der Waals surface area contributed by atoms with Crippen molar-refractivity contribution < 1.29 is 9.72 Å². The van der Waals surface area contributed by atoms with E-state index >= 15 is 0 Å². The van der Waals surface area contributed by atoms with Crippen LogP contribution in [0.15, 0.2) is 12.3 Å².